The molecule has 0 aliphatic carbocycles. The molecule has 1 saturated heterocycles. The van der Waals surface area contributed by atoms with Crippen molar-refractivity contribution in [3.63, 3.8) is 0 Å². The van der Waals surface area contributed by atoms with Gasteiger partial charge in [-0.15, -0.1) is 0 Å². The second kappa shape index (κ2) is 6.91. The first kappa shape index (κ1) is 16.7. The van der Waals surface area contributed by atoms with Gasteiger partial charge in [-0.3, -0.25) is 4.98 Å². The van der Waals surface area contributed by atoms with Crippen LogP contribution in [0.3, 0.4) is 0 Å². The van der Waals surface area contributed by atoms with Gasteiger partial charge in [0.25, 0.3) is 0 Å². The van der Waals surface area contributed by atoms with Crippen LogP contribution in [0.5, 0.6) is 0 Å². The average molecular weight is 375 g/mol. The highest BCUT2D eigenvalue weighted by molar-refractivity contribution is 5.84. The van der Waals surface area contributed by atoms with E-state index in [-0.39, 0.29) is 5.95 Å². The van der Waals surface area contributed by atoms with E-state index in [4.69, 9.17) is 5.73 Å². The lowest BCUT2D eigenvalue weighted by Crippen LogP contribution is -2.36. The molecule has 1 aliphatic rings. The molecule has 9 heteroatoms. The summed E-state index contributed by atoms with van der Waals surface area (Å²) >= 11 is 0. The Balaban J connectivity index is 1.42. The fourth-order valence-electron chi connectivity index (χ4n) is 3.95. The number of nitrogen functional groups attached to an aromatic ring is 1. The summed E-state index contributed by atoms with van der Waals surface area (Å²) in [7, 11) is 0. The highest BCUT2D eigenvalue weighted by atomic mass is 15.2. The largest absolute Gasteiger partial charge is 0.368 e. The van der Waals surface area contributed by atoms with Crippen molar-refractivity contribution >= 4 is 22.9 Å². The first-order valence-corrected chi connectivity index (χ1v) is 9.39. The minimum atomic E-state index is 0.245. The lowest BCUT2D eigenvalue weighted by atomic mass is 9.97. The molecule has 0 saturated carbocycles. The zero-order chi connectivity index (χ0) is 18.9. The highest BCUT2D eigenvalue weighted by Crippen LogP contribution is 2.31. The number of rotatable bonds is 4. The van der Waals surface area contributed by atoms with E-state index in [1.807, 2.05) is 24.7 Å². The minimum Gasteiger partial charge on any atom is -0.368 e. The first-order chi connectivity index (χ1) is 13.8. The number of fused-ring (bicyclic) bond motifs is 1. The molecule has 5 heterocycles. The number of nitrogens with zero attached hydrogens (tertiary/aromatic N) is 7. The summed E-state index contributed by atoms with van der Waals surface area (Å²) < 4.78 is 2.21. The van der Waals surface area contributed by atoms with Gasteiger partial charge in [0.15, 0.2) is 11.5 Å². The Morgan fingerprint density at radius 2 is 2.18 bits per heavy atom. The average Bonchev–Trinajstić information content (AvgIpc) is 3.37. The number of anilines is 2. The Bertz CT molecular complexity index is 1090. The maximum atomic E-state index is 5.90. The monoisotopic (exact) mass is 375 g/mol. The molecule has 1 atom stereocenters. The third kappa shape index (κ3) is 3.04. The number of pyridine rings is 1. The molecule has 3 N–H and O–H groups in total. The fourth-order valence-corrected chi connectivity index (χ4v) is 3.95. The number of aromatic amines is 1. The summed E-state index contributed by atoms with van der Waals surface area (Å²) in [5, 5.41) is 0. The first-order valence-electron chi connectivity index (χ1n) is 9.39. The van der Waals surface area contributed by atoms with Gasteiger partial charge in [0.2, 0.25) is 5.95 Å². The normalized spacial score (nSPS) is 17.3. The molecule has 0 amide bonds. The number of H-pyrrole nitrogens is 1. The molecule has 0 radical (unpaired) electrons. The van der Waals surface area contributed by atoms with Gasteiger partial charge in [0, 0.05) is 43.8 Å². The minimum absolute atomic E-state index is 0.245. The number of hydrogen-bond acceptors (Lipinski definition) is 7. The number of aromatic nitrogens is 7. The van der Waals surface area contributed by atoms with Crippen molar-refractivity contribution in [3.8, 4) is 0 Å². The second-order valence-corrected chi connectivity index (χ2v) is 7.07. The second-order valence-electron chi connectivity index (χ2n) is 7.07. The van der Waals surface area contributed by atoms with Crippen molar-refractivity contribution in [2.24, 2.45) is 0 Å². The molecule has 0 bridgehead atoms. The van der Waals surface area contributed by atoms with Gasteiger partial charge in [-0.05, 0) is 24.5 Å². The van der Waals surface area contributed by atoms with Gasteiger partial charge in [-0.25, -0.2) is 9.97 Å². The maximum absolute atomic E-state index is 5.90. The van der Waals surface area contributed by atoms with Gasteiger partial charge in [0.1, 0.15) is 11.3 Å². The van der Waals surface area contributed by atoms with Crippen molar-refractivity contribution in [2.75, 3.05) is 23.7 Å². The van der Waals surface area contributed by atoms with Gasteiger partial charge in [-0.2, -0.15) is 9.97 Å². The zero-order valence-corrected chi connectivity index (χ0v) is 15.4. The van der Waals surface area contributed by atoms with Crippen LogP contribution in [0, 0.1) is 0 Å². The Morgan fingerprint density at radius 1 is 1.21 bits per heavy atom. The van der Waals surface area contributed by atoms with E-state index >= 15 is 0 Å². The zero-order valence-electron chi connectivity index (χ0n) is 15.4. The van der Waals surface area contributed by atoms with E-state index in [0.29, 0.717) is 11.6 Å². The smallest absolute Gasteiger partial charge is 0.224 e. The number of piperidine rings is 1. The molecule has 1 fully saturated rings. The Labute approximate surface area is 161 Å². The van der Waals surface area contributed by atoms with E-state index in [2.05, 4.69) is 45.4 Å². The van der Waals surface area contributed by atoms with Crippen LogP contribution >= 0.6 is 0 Å². The molecule has 4 aromatic heterocycles. The molecule has 0 aromatic carbocycles. The molecule has 0 unspecified atom stereocenters. The quantitative estimate of drug-likeness (QED) is 0.560. The van der Waals surface area contributed by atoms with E-state index in [1.165, 1.54) is 0 Å². The van der Waals surface area contributed by atoms with Crippen LogP contribution in [-0.4, -0.2) is 47.6 Å². The Morgan fingerprint density at radius 3 is 3.07 bits per heavy atom. The van der Waals surface area contributed by atoms with Crippen LogP contribution in [0.25, 0.3) is 11.2 Å². The molecule has 28 heavy (non-hydrogen) atoms. The van der Waals surface area contributed by atoms with E-state index in [9.17, 15) is 0 Å². The highest BCUT2D eigenvalue weighted by Gasteiger charge is 2.27. The molecule has 142 valence electrons. The molecule has 1 aliphatic heterocycles. The van der Waals surface area contributed by atoms with Crippen LogP contribution in [0.4, 0.5) is 11.8 Å². The molecular formula is C19H21N9. The summed E-state index contributed by atoms with van der Waals surface area (Å²) in [6.45, 7) is 2.52. The Kier molecular flexibility index (Phi) is 4.12. The molecule has 9 nitrogen and oxygen atoms in total. The van der Waals surface area contributed by atoms with Gasteiger partial charge in [0.05, 0.1) is 12.9 Å². The van der Waals surface area contributed by atoms with Gasteiger partial charge >= 0.3 is 0 Å². The number of hydrogen-bond donors (Lipinski definition) is 2. The topological polar surface area (TPSA) is 114 Å². The van der Waals surface area contributed by atoms with Crippen LogP contribution in [0.1, 0.15) is 30.1 Å². The van der Waals surface area contributed by atoms with Gasteiger partial charge in [-0.1, -0.05) is 6.07 Å². The lowest BCUT2D eigenvalue weighted by molar-refractivity contribution is 0.474. The summed E-state index contributed by atoms with van der Waals surface area (Å²) in [4.78, 5) is 27.2. The molecule has 4 aromatic rings. The molecular weight excluding hydrogens is 354 g/mol. The Hall–Kier alpha value is -3.49. The lowest BCUT2D eigenvalue weighted by Gasteiger charge is -2.33. The van der Waals surface area contributed by atoms with Crippen molar-refractivity contribution in [2.45, 2.75) is 25.3 Å². The third-order valence-corrected chi connectivity index (χ3v) is 5.19. The van der Waals surface area contributed by atoms with Crippen molar-refractivity contribution in [1.29, 1.82) is 0 Å². The maximum Gasteiger partial charge on any atom is 0.224 e. The number of nitrogens with two attached hydrogens (primary N) is 1. The van der Waals surface area contributed by atoms with Crippen LogP contribution in [0.15, 0.2) is 43.2 Å². The van der Waals surface area contributed by atoms with E-state index in [1.54, 1.807) is 12.5 Å². The van der Waals surface area contributed by atoms with Crippen LogP contribution in [0.2, 0.25) is 0 Å². The predicted molar refractivity (Wildman–Crippen MR) is 106 cm³/mol. The van der Waals surface area contributed by atoms with Crippen molar-refractivity contribution in [1.82, 2.24) is 34.5 Å². The third-order valence-electron chi connectivity index (χ3n) is 5.19. The molecule has 0 spiro atoms. The number of nitrogens with one attached hydrogen (secondary N) is 1. The standard InChI is InChI=1S/C19H21N9/c20-19-25-16-15(23-12-24-16)18(26-19)27-7-2-4-14(11-27)17-22-6-8-28(17)10-13-3-1-5-21-9-13/h1,3,5-6,8-9,12,14H,2,4,7,10-11H2,(H3,20,23,24,25,26)/t14-/m1/s1. The van der Waals surface area contributed by atoms with E-state index < -0.39 is 0 Å². The fraction of sp³-hybridized carbons (Fsp3) is 0.316. The SMILES string of the molecule is Nc1nc(N2CCC[C@@H](c3nccn3Cc3cccnc3)C2)c2[nH]cnc2n1. The van der Waals surface area contributed by atoms with Crippen LogP contribution in [-0.2, 0) is 6.54 Å². The molecule has 5 rings (SSSR count). The van der Waals surface area contributed by atoms with Crippen molar-refractivity contribution < 1.29 is 0 Å². The summed E-state index contributed by atoms with van der Waals surface area (Å²) in [5.74, 6) is 2.47. The predicted octanol–water partition coefficient (Wildman–Crippen LogP) is 1.96. The summed E-state index contributed by atoms with van der Waals surface area (Å²) in [6.07, 6.45) is 11.4. The van der Waals surface area contributed by atoms with Crippen molar-refractivity contribution in [3.05, 3.63) is 54.6 Å². The van der Waals surface area contributed by atoms with Gasteiger partial charge < -0.3 is 20.2 Å². The summed E-state index contributed by atoms with van der Waals surface area (Å²) in [5.41, 5.74) is 8.50. The van der Waals surface area contributed by atoms with Crippen LogP contribution < -0.4 is 10.6 Å². The summed E-state index contributed by atoms with van der Waals surface area (Å²) in [6, 6.07) is 4.05. The van der Waals surface area contributed by atoms with E-state index in [0.717, 1.165) is 55.2 Å². The number of imidazole rings is 2.